The van der Waals surface area contributed by atoms with Crippen molar-refractivity contribution < 1.29 is 4.79 Å². The van der Waals surface area contributed by atoms with Crippen molar-refractivity contribution in [3.05, 3.63) is 35.9 Å². The minimum atomic E-state index is -0.251. The summed E-state index contributed by atoms with van der Waals surface area (Å²) in [6.07, 6.45) is 0.951. The zero-order valence-electron chi connectivity index (χ0n) is 12.8. The Labute approximate surface area is 122 Å². The summed E-state index contributed by atoms with van der Waals surface area (Å²) in [5, 5.41) is 2.98. The lowest BCUT2D eigenvalue weighted by atomic mass is 9.98. The molecule has 0 heterocycles. The molecule has 1 amide bonds. The van der Waals surface area contributed by atoms with E-state index in [0.29, 0.717) is 19.1 Å². The van der Waals surface area contributed by atoms with Crippen LogP contribution in [0.4, 0.5) is 0 Å². The Balaban J connectivity index is 2.38. The van der Waals surface area contributed by atoms with E-state index in [2.05, 4.69) is 31.1 Å². The number of nitrogens with one attached hydrogen (secondary N) is 1. The molecule has 0 aliphatic carbocycles. The van der Waals surface area contributed by atoms with Gasteiger partial charge in [-0.1, -0.05) is 30.3 Å². The van der Waals surface area contributed by atoms with Gasteiger partial charge in [-0.25, -0.2) is 0 Å². The van der Waals surface area contributed by atoms with Crippen molar-refractivity contribution in [3.63, 3.8) is 0 Å². The van der Waals surface area contributed by atoms with Crippen LogP contribution in [0.3, 0.4) is 0 Å². The molecule has 4 heteroatoms. The maximum Gasteiger partial charge on any atom is 0.228 e. The van der Waals surface area contributed by atoms with Gasteiger partial charge >= 0.3 is 0 Å². The van der Waals surface area contributed by atoms with E-state index in [9.17, 15) is 4.79 Å². The fourth-order valence-electron chi connectivity index (χ4n) is 2.00. The third-order valence-corrected chi connectivity index (χ3v) is 3.62. The van der Waals surface area contributed by atoms with E-state index in [1.54, 1.807) is 0 Å². The number of carbonyl (C=O) groups is 1. The van der Waals surface area contributed by atoms with Crippen molar-refractivity contribution in [3.8, 4) is 0 Å². The number of hydrogen-bond donors (Lipinski definition) is 2. The highest BCUT2D eigenvalue weighted by Crippen LogP contribution is 2.13. The Morgan fingerprint density at radius 2 is 1.95 bits per heavy atom. The van der Waals surface area contributed by atoms with E-state index in [4.69, 9.17) is 5.73 Å². The summed E-state index contributed by atoms with van der Waals surface area (Å²) in [4.78, 5) is 14.4. The van der Waals surface area contributed by atoms with Crippen LogP contribution in [0.25, 0.3) is 0 Å². The molecule has 1 atom stereocenters. The van der Waals surface area contributed by atoms with Gasteiger partial charge in [-0.2, -0.15) is 0 Å². The second-order valence-corrected chi connectivity index (χ2v) is 5.42. The number of rotatable bonds is 8. The van der Waals surface area contributed by atoms with E-state index in [1.807, 2.05) is 30.3 Å². The minimum absolute atomic E-state index is 0.0194. The van der Waals surface area contributed by atoms with Crippen LogP contribution in [0.2, 0.25) is 0 Å². The molecule has 1 unspecified atom stereocenters. The predicted molar refractivity (Wildman–Crippen MR) is 83.6 cm³/mol. The van der Waals surface area contributed by atoms with Gasteiger partial charge in [0.2, 0.25) is 5.91 Å². The zero-order chi connectivity index (χ0) is 15.0. The van der Waals surface area contributed by atoms with Crippen molar-refractivity contribution in [2.45, 2.75) is 32.2 Å². The molecule has 0 fully saturated rings. The first-order valence-electron chi connectivity index (χ1n) is 7.29. The van der Waals surface area contributed by atoms with Crippen LogP contribution in [-0.2, 0) is 4.79 Å². The summed E-state index contributed by atoms with van der Waals surface area (Å²) in [7, 11) is 2.10. The summed E-state index contributed by atoms with van der Waals surface area (Å²) in [6.45, 7) is 6.34. The van der Waals surface area contributed by atoms with Gasteiger partial charge in [0.05, 0.1) is 5.92 Å². The van der Waals surface area contributed by atoms with Crippen LogP contribution >= 0.6 is 0 Å². The van der Waals surface area contributed by atoms with Crippen LogP contribution in [0.5, 0.6) is 0 Å². The fourth-order valence-corrected chi connectivity index (χ4v) is 2.00. The highest BCUT2D eigenvalue weighted by atomic mass is 16.1. The normalized spacial score (nSPS) is 12.7. The first-order valence-corrected chi connectivity index (χ1v) is 7.29. The molecule has 1 aromatic carbocycles. The molecule has 1 aromatic rings. The molecule has 1 rings (SSSR count). The standard InChI is InChI=1S/C16H27N3O/c1-13(2)19(3)11-7-10-18-16(20)15(12-17)14-8-5-4-6-9-14/h4-6,8-9,13,15H,7,10-12,17H2,1-3H3,(H,18,20). The van der Waals surface area contributed by atoms with Gasteiger partial charge in [-0.15, -0.1) is 0 Å². The van der Waals surface area contributed by atoms with Crippen molar-refractivity contribution in [2.75, 3.05) is 26.7 Å². The van der Waals surface area contributed by atoms with Crippen LogP contribution in [0.15, 0.2) is 30.3 Å². The van der Waals surface area contributed by atoms with Crippen molar-refractivity contribution in [2.24, 2.45) is 5.73 Å². The van der Waals surface area contributed by atoms with E-state index >= 15 is 0 Å². The van der Waals surface area contributed by atoms with Crippen molar-refractivity contribution >= 4 is 5.91 Å². The lowest BCUT2D eigenvalue weighted by molar-refractivity contribution is -0.122. The number of carbonyl (C=O) groups excluding carboxylic acids is 1. The molecule has 0 aliphatic rings. The van der Waals surface area contributed by atoms with Gasteiger partial charge in [0.25, 0.3) is 0 Å². The molecule has 0 spiro atoms. The first kappa shape index (κ1) is 16.7. The Kier molecular flexibility index (Phi) is 7.26. The van der Waals surface area contributed by atoms with E-state index in [-0.39, 0.29) is 11.8 Å². The topological polar surface area (TPSA) is 58.4 Å². The van der Waals surface area contributed by atoms with Crippen LogP contribution in [0, 0.1) is 0 Å². The average Bonchev–Trinajstić information content (AvgIpc) is 2.45. The molecule has 0 aromatic heterocycles. The Hall–Kier alpha value is -1.39. The molecule has 20 heavy (non-hydrogen) atoms. The maximum absolute atomic E-state index is 12.1. The average molecular weight is 277 g/mol. The summed E-state index contributed by atoms with van der Waals surface area (Å²) in [6, 6.07) is 10.2. The van der Waals surface area contributed by atoms with Crippen LogP contribution in [0.1, 0.15) is 31.7 Å². The summed E-state index contributed by atoms with van der Waals surface area (Å²) in [5.74, 6) is -0.232. The molecule has 3 N–H and O–H groups in total. The molecule has 0 saturated carbocycles. The largest absolute Gasteiger partial charge is 0.355 e. The molecule has 4 nitrogen and oxygen atoms in total. The quantitative estimate of drug-likeness (QED) is 0.709. The van der Waals surface area contributed by atoms with Crippen LogP contribution in [-0.4, -0.2) is 43.5 Å². The molecular formula is C16H27N3O. The van der Waals surface area contributed by atoms with Gasteiger partial charge in [0.1, 0.15) is 0 Å². The Bertz CT molecular complexity index is 392. The smallest absolute Gasteiger partial charge is 0.228 e. The fraction of sp³-hybridized carbons (Fsp3) is 0.562. The van der Waals surface area contributed by atoms with Gasteiger partial charge in [-0.3, -0.25) is 4.79 Å². The van der Waals surface area contributed by atoms with Gasteiger partial charge in [0.15, 0.2) is 0 Å². The number of amides is 1. The Morgan fingerprint density at radius 3 is 2.50 bits per heavy atom. The lowest BCUT2D eigenvalue weighted by Gasteiger charge is -2.21. The van der Waals surface area contributed by atoms with E-state index in [1.165, 1.54) is 0 Å². The van der Waals surface area contributed by atoms with Gasteiger partial charge < -0.3 is 16.0 Å². The summed E-state index contributed by atoms with van der Waals surface area (Å²) < 4.78 is 0. The second kappa shape index (κ2) is 8.72. The van der Waals surface area contributed by atoms with Gasteiger partial charge in [0, 0.05) is 19.1 Å². The molecule has 0 aliphatic heterocycles. The maximum atomic E-state index is 12.1. The highest BCUT2D eigenvalue weighted by molar-refractivity contribution is 5.83. The molecular weight excluding hydrogens is 250 g/mol. The number of nitrogens with zero attached hydrogens (tertiary/aromatic N) is 1. The summed E-state index contributed by atoms with van der Waals surface area (Å²) >= 11 is 0. The number of benzene rings is 1. The van der Waals surface area contributed by atoms with Crippen molar-refractivity contribution in [1.29, 1.82) is 0 Å². The first-order chi connectivity index (χ1) is 9.56. The third kappa shape index (κ3) is 5.31. The third-order valence-electron chi connectivity index (χ3n) is 3.62. The minimum Gasteiger partial charge on any atom is -0.355 e. The monoisotopic (exact) mass is 277 g/mol. The molecule has 0 radical (unpaired) electrons. The van der Waals surface area contributed by atoms with E-state index < -0.39 is 0 Å². The molecule has 0 saturated heterocycles. The summed E-state index contributed by atoms with van der Waals surface area (Å²) in [5.41, 5.74) is 6.71. The molecule has 0 bridgehead atoms. The zero-order valence-corrected chi connectivity index (χ0v) is 12.8. The Morgan fingerprint density at radius 1 is 1.30 bits per heavy atom. The molecule has 112 valence electrons. The number of hydrogen-bond acceptors (Lipinski definition) is 3. The van der Waals surface area contributed by atoms with Crippen LogP contribution < -0.4 is 11.1 Å². The lowest BCUT2D eigenvalue weighted by Crippen LogP contribution is -2.35. The number of nitrogens with two attached hydrogens (primary N) is 1. The van der Waals surface area contributed by atoms with E-state index in [0.717, 1.165) is 18.5 Å². The van der Waals surface area contributed by atoms with Crippen molar-refractivity contribution in [1.82, 2.24) is 10.2 Å². The SMILES string of the molecule is CC(C)N(C)CCCNC(=O)C(CN)c1ccccc1. The second-order valence-electron chi connectivity index (χ2n) is 5.42. The van der Waals surface area contributed by atoms with Gasteiger partial charge in [-0.05, 0) is 39.4 Å². The predicted octanol–water partition coefficient (Wildman–Crippen LogP) is 1.58. The highest BCUT2D eigenvalue weighted by Gasteiger charge is 2.18.